The highest BCUT2D eigenvalue weighted by atomic mass is 32.1. The molecule has 4 heterocycles. The summed E-state index contributed by atoms with van der Waals surface area (Å²) in [6.07, 6.45) is 0. The highest BCUT2D eigenvalue weighted by Crippen LogP contribution is 2.59. The minimum absolute atomic E-state index is 0.142. The van der Waals surface area contributed by atoms with E-state index in [9.17, 15) is 0 Å². The van der Waals surface area contributed by atoms with Gasteiger partial charge in [0.05, 0.1) is 34.1 Å². The lowest BCUT2D eigenvalue weighted by Crippen LogP contribution is -2.16. The number of thiophene rings is 2. The second kappa shape index (κ2) is 35.2. The largest absolute Gasteiger partial charge is 0.454 e. The molecule has 150 heavy (non-hydrogen) atoms. The lowest BCUT2D eigenvalue weighted by Gasteiger charge is -2.30. The average molecular weight is 1950 g/mol. The van der Waals surface area contributed by atoms with Crippen LogP contribution in [0, 0.1) is 0 Å². The molecule has 0 N–H and O–H groups in total. The third kappa shape index (κ3) is 14.1. The summed E-state index contributed by atoms with van der Waals surface area (Å²) >= 11 is 3.78. The molecule has 0 spiro atoms. The van der Waals surface area contributed by atoms with Crippen LogP contribution in [0.4, 0.5) is 68.2 Å². The predicted octanol–water partition coefficient (Wildman–Crippen LogP) is 41.7. The zero-order chi connectivity index (χ0) is 99.6. The monoisotopic (exact) mass is 1950 g/mol. The normalized spacial score (nSPS) is 12.8. The molecule has 0 unspecified atom stereocenters. The van der Waals surface area contributed by atoms with Gasteiger partial charge in [-0.2, -0.15) is 0 Å². The maximum absolute atomic E-state index is 6.80. The Bertz CT molecular complexity index is 10300. The van der Waals surface area contributed by atoms with Crippen molar-refractivity contribution in [3.8, 4) is 66.8 Å². The lowest BCUT2D eigenvalue weighted by atomic mass is 9.82. The Hall–Kier alpha value is -18.4. The molecule has 28 aromatic rings. The summed E-state index contributed by atoms with van der Waals surface area (Å²) in [5.41, 5.74) is 36.3. The van der Waals surface area contributed by atoms with Crippen molar-refractivity contribution >= 4 is 218 Å². The van der Waals surface area contributed by atoms with Crippen molar-refractivity contribution in [1.29, 1.82) is 0 Å². The number of rotatable bonds is 16. The summed E-state index contributed by atoms with van der Waals surface area (Å²) in [4.78, 5) is 9.78. The number of nitrogens with zero attached hydrogens (tertiary/aromatic N) is 4. The molecular formula is C142H96N4O2S2. The third-order valence-corrected chi connectivity index (χ3v) is 34.0. The number of anilines is 12. The van der Waals surface area contributed by atoms with Gasteiger partial charge in [0, 0.05) is 140 Å². The van der Waals surface area contributed by atoms with Gasteiger partial charge < -0.3 is 28.4 Å². The fraction of sp³-hybridized carbons (Fsp3) is 0.0423. The number of benzene rings is 24. The summed E-state index contributed by atoms with van der Waals surface area (Å²) in [5, 5.41) is 19.4. The summed E-state index contributed by atoms with van der Waals surface area (Å²) in [6, 6.07) is 187. The first-order valence-corrected chi connectivity index (χ1v) is 53.3. The second-order valence-electron chi connectivity index (χ2n) is 40.7. The van der Waals surface area contributed by atoms with Gasteiger partial charge in [0.1, 0.15) is 11.2 Å². The van der Waals surface area contributed by atoms with Gasteiger partial charge in [-0.3, -0.25) is 0 Å². The maximum atomic E-state index is 6.80. The highest BCUT2D eigenvalue weighted by Gasteiger charge is 2.39. The molecule has 30 rings (SSSR count). The summed E-state index contributed by atoms with van der Waals surface area (Å²) in [6.45, 7) is 9.50. The first kappa shape index (κ1) is 88.1. The highest BCUT2D eigenvalue weighted by molar-refractivity contribution is 7.27. The molecule has 2 aliphatic rings. The number of fused-ring (bicyclic) bond motifs is 28. The van der Waals surface area contributed by atoms with Gasteiger partial charge in [-0.15, -0.1) is 22.7 Å². The van der Waals surface area contributed by atoms with E-state index in [-0.39, 0.29) is 10.8 Å². The predicted molar refractivity (Wildman–Crippen MR) is 639 cm³/mol. The number of furan rings is 2. The van der Waals surface area contributed by atoms with Crippen LogP contribution in [-0.2, 0) is 10.8 Å². The fourth-order valence-corrected chi connectivity index (χ4v) is 27.3. The van der Waals surface area contributed by atoms with Gasteiger partial charge in [-0.1, -0.05) is 416 Å². The van der Waals surface area contributed by atoms with E-state index in [2.05, 4.69) is 545 Å². The molecule has 708 valence electrons. The van der Waals surface area contributed by atoms with Crippen molar-refractivity contribution < 1.29 is 8.83 Å². The van der Waals surface area contributed by atoms with Crippen molar-refractivity contribution in [3.63, 3.8) is 0 Å². The SMILES string of the molecule is CC1(C)c2ccccc2-c2ccc(N(c3ccc4c(c3)sc3c5ccc(N(c6ccc7c(c6)C(C)(C)c6ccccc6-7)c6ccccc6-c6ccccc6)cc5c5ccccc5c43)c3ccccc3-c3ccccc3)cc21.c1ccc(-c2ccccc2N(c2ccc3c(c2)sc2c4ccc(N(c5ccccc5-c5ccccc5)c5cccc6c5oc5ccccc56)cc4c4ccccc4c32)c2cccc3c2oc2ccccc23)cc1. The number of hydrogen-bond acceptors (Lipinski definition) is 8. The molecule has 2 aliphatic carbocycles. The first-order valence-electron chi connectivity index (χ1n) is 51.6. The first-order chi connectivity index (χ1) is 73.9. The Balaban J connectivity index is 0.000000141. The Kier molecular flexibility index (Phi) is 20.7. The second-order valence-corrected chi connectivity index (χ2v) is 42.8. The van der Waals surface area contributed by atoms with Crippen molar-refractivity contribution in [2.24, 2.45) is 0 Å². The van der Waals surface area contributed by atoms with Gasteiger partial charge in [-0.25, -0.2) is 0 Å². The van der Waals surface area contributed by atoms with Gasteiger partial charge in [-0.05, 0) is 220 Å². The van der Waals surface area contributed by atoms with Crippen LogP contribution in [0.1, 0.15) is 49.9 Å². The van der Waals surface area contributed by atoms with E-state index >= 15 is 0 Å². The van der Waals surface area contributed by atoms with Crippen molar-refractivity contribution in [2.45, 2.75) is 38.5 Å². The van der Waals surface area contributed by atoms with Gasteiger partial charge in [0.2, 0.25) is 0 Å². The zero-order valence-electron chi connectivity index (χ0n) is 82.9. The molecule has 8 heteroatoms. The van der Waals surface area contributed by atoms with E-state index < -0.39 is 0 Å². The number of para-hydroxylation sites is 8. The van der Waals surface area contributed by atoms with E-state index in [0.29, 0.717) is 0 Å². The van der Waals surface area contributed by atoms with Gasteiger partial charge >= 0.3 is 0 Å². The van der Waals surface area contributed by atoms with Crippen molar-refractivity contribution in [1.82, 2.24) is 0 Å². The van der Waals surface area contributed by atoms with Crippen LogP contribution in [0.5, 0.6) is 0 Å². The van der Waals surface area contributed by atoms with E-state index in [1.807, 2.05) is 34.8 Å². The molecule has 6 nitrogen and oxygen atoms in total. The molecule has 4 aromatic heterocycles. The van der Waals surface area contributed by atoms with E-state index in [0.717, 1.165) is 134 Å². The van der Waals surface area contributed by atoms with Crippen LogP contribution in [0.25, 0.3) is 194 Å². The summed E-state index contributed by atoms with van der Waals surface area (Å²) < 4.78 is 18.6. The molecular weight excluding hydrogens is 1860 g/mol. The van der Waals surface area contributed by atoms with Crippen LogP contribution >= 0.6 is 22.7 Å². The standard InChI is InChI=1S/C74H54N2S.C68H42N2O2S/c1-73(2)64-31-17-13-28-56(64)58-39-35-50(44-66(58)73)75(68-33-19-15-25-53(68)47-21-7-5-8-22-47)49-37-41-61-63(43-49)55-27-11-12-30-60(55)71-62-42-38-52(46-70(62)77-72(61)71)76(69-34-20-16-26-54(69)48-23-9-6-10-24-48)51-36-40-59-57-29-14-18-32-65(57)74(3,4)67(59)45-51;1-3-19-43(20-4-1)47-23-9-13-31-58(47)69(60-33-17-29-53-50-26-11-15-35-62(50)71-66(53)60)45-37-39-55-57(41-45)49-25-7-8-28-52(49)65-56-40-38-46(42-64(56)73-68(55)65)70(59-32-14-10-24-48(59)44-21-5-2-6-22-44)61-34-18-30-54-51-27-12-16-36-63(51)72-67(54)61/h5-46H,1-4H3;1-42H. The molecule has 24 aromatic carbocycles. The lowest BCUT2D eigenvalue weighted by molar-refractivity contribution is 0.660. The zero-order valence-corrected chi connectivity index (χ0v) is 84.6. The minimum atomic E-state index is -0.147. The van der Waals surface area contributed by atoms with Crippen LogP contribution in [0.2, 0.25) is 0 Å². The molecule has 0 saturated heterocycles. The molecule has 0 aliphatic heterocycles. The Morgan fingerprint density at radius 2 is 0.440 bits per heavy atom. The molecule has 0 radical (unpaired) electrons. The Morgan fingerprint density at radius 3 is 0.827 bits per heavy atom. The number of hydrogen-bond donors (Lipinski definition) is 0. The molecule has 0 saturated carbocycles. The van der Waals surface area contributed by atoms with Crippen LogP contribution < -0.4 is 19.6 Å². The minimum Gasteiger partial charge on any atom is -0.454 e. The third-order valence-electron chi connectivity index (χ3n) is 31.7. The van der Waals surface area contributed by atoms with Gasteiger partial charge in [0.25, 0.3) is 0 Å². The topological polar surface area (TPSA) is 39.2 Å². The molecule has 0 atom stereocenters. The average Bonchev–Trinajstić information content (AvgIpc) is 1.55. The van der Waals surface area contributed by atoms with Crippen LogP contribution in [-0.4, -0.2) is 0 Å². The van der Waals surface area contributed by atoms with E-state index in [1.54, 1.807) is 0 Å². The van der Waals surface area contributed by atoms with Crippen LogP contribution in [0.3, 0.4) is 0 Å². The Morgan fingerprint density at radius 1 is 0.173 bits per heavy atom. The smallest absolute Gasteiger partial charge is 0.159 e. The Labute approximate surface area is 877 Å². The quantitative estimate of drug-likeness (QED) is 0.0898. The van der Waals surface area contributed by atoms with E-state index in [4.69, 9.17) is 8.83 Å². The van der Waals surface area contributed by atoms with Gasteiger partial charge in [0.15, 0.2) is 11.2 Å². The van der Waals surface area contributed by atoms with Crippen molar-refractivity contribution in [2.75, 3.05) is 19.6 Å². The summed E-state index contributed by atoms with van der Waals surface area (Å²) in [7, 11) is 0. The maximum Gasteiger partial charge on any atom is 0.159 e. The molecule has 0 fully saturated rings. The van der Waals surface area contributed by atoms with Crippen molar-refractivity contribution in [3.05, 3.63) is 532 Å². The summed E-state index contributed by atoms with van der Waals surface area (Å²) in [5.74, 6) is 0. The van der Waals surface area contributed by atoms with E-state index in [1.165, 1.54) is 150 Å². The molecule has 0 bridgehead atoms. The van der Waals surface area contributed by atoms with Crippen LogP contribution in [0.15, 0.2) is 518 Å². The molecule has 0 amide bonds. The fourth-order valence-electron chi connectivity index (χ4n) is 24.7.